The van der Waals surface area contributed by atoms with Crippen molar-refractivity contribution in [2.75, 3.05) is 26.7 Å². The van der Waals surface area contributed by atoms with Gasteiger partial charge in [-0.05, 0) is 25.5 Å². The van der Waals surface area contributed by atoms with Crippen molar-refractivity contribution in [3.05, 3.63) is 42.0 Å². The number of benzene rings is 1. The SMILES string of the molecule is C[C@@H]1CN([C@@H](C)CO)C(=O)CCCn2cc(nn2)CO[C@H]1CN(C)S(=O)(=O)c1ccccc1F. The van der Waals surface area contributed by atoms with Crippen molar-refractivity contribution in [2.24, 2.45) is 5.92 Å². The summed E-state index contributed by atoms with van der Waals surface area (Å²) in [4.78, 5) is 14.1. The summed E-state index contributed by atoms with van der Waals surface area (Å²) < 4.78 is 49.1. The molecule has 1 aliphatic rings. The summed E-state index contributed by atoms with van der Waals surface area (Å²) in [5.41, 5.74) is 0.586. The zero-order valence-corrected chi connectivity index (χ0v) is 20.5. The lowest BCUT2D eigenvalue weighted by Gasteiger charge is -2.35. The highest BCUT2D eigenvalue weighted by Crippen LogP contribution is 2.22. The molecule has 1 aromatic carbocycles. The van der Waals surface area contributed by atoms with Gasteiger partial charge in [0, 0.05) is 39.0 Å². The molecule has 0 spiro atoms. The quantitative estimate of drug-likeness (QED) is 0.638. The van der Waals surface area contributed by atoms with Crippen LogP contribution >= 0.6 is 0 Å². The third-order valence-corrected chi connectivity index (χ3v) is 7.86. The van der Waals surface area contributed by atoms with E-state index in [1.54, 1.807) is 22.7 Å². The van der Waals surface area contributed by atoms with Crippen molar-refractivity contribution in [1.82, 2.24) is 24.2 Å². The number of aliphatic hydroxyl groups is 1. The lowest BCUT2D eigenvalue weighted by atomic mass is 10.0. The van der Waals surface area contributed by atoms with E-state index in [0.717, 1.165) is 10.4 Å². The first-order valence-corrected chi connectivity index (χ1v) is 12.7. The second-order valence-corrected chi connectivity index (χ2v) is 10.7. The summed E-state index contributed by atoms with van der Waals surface area (Å²) in [6, 6.07) is 4.80. The summed E-state index contributed by atoms with van der Waals surface area (Å²) in [5.74, 6) is -1.24. The van der Waals surface area contributed by atoms with Gasteiger partial charge in [0.05, 0.1) is 31.6 Å². The van der Waals surface area contributed by atoms with E-state index in [4.69, 9.17) is 4.74 Å². The van der Waals surface area contributed by atoms with E-state index in [2.05, 4.69) is 10.3 Å². The van der Waals surface area contributed by atoms with E-state index in [1.807, 2.05) is 6.92 Å². The van der Waals surface area contributed by atoms with E-state index in [9.17, 15) is 22.7 Å². The Balaban J connectivity index is 1.87. The van der Waals surface area contributed by atoms with Gasteiger partial charge >= 0.3 is 0 Å². The average Bonchev–Trinajstić information content (AvgIpc) is 3.26. The number of aryl methyl sites for hydroxylation is 1. The molecule has 12 heteroatoms. The van der Waals surface area contributed by atoms with E-state index >= 15 is 0 Å². The molecule has 2 aromatic rings. The number of carbonyl (C=O) groups is 1. The van der Waals surface area contributed by atoms with Gasteiger partial charge in [-0.2, -0.15) is 4.31 Å². The molecule has 0 saturated heterocycles. The number of fused-ring (bicyclic) bond motifs is 2. The van der Waals surface area contributed by atoms with Gasteiger partial charge in [0.2, 0.25) is 15.9 Å². The zero-order chi connectivity index (χ0) is 24.9. The topological polar surface area (TPSA) is 118 Å². The van der Waals surface area contributed by atoms with E-state index in [1.165, 1.54) is 25.2 Å². The third-order valence-electron chi connectivity index (χ3n) is 6.01. The van der Waals surface area contributed by atoms with Crippen LogP contribution in [0, 0.1) is 11.7 Å². The predicted octanol–water partition coefficient (Wildman–Crippen LogP) is 1.26. The maximum Gasteiger partial charge on any atom is 0.245 e. The van der Waals surface area contributed by atoms with Gasteiger partial charge in [0.15, 0.2) is 0 Å². The molecule has 0 unspecified atom stereocenters. The fraction of sp³-hybridized carbons (Fsp3) is 0.591. The van der Waals surface area contributed by atoms with Gasteiger partial charge in [-0.3, -0.25) is 9.48 Å². The Labute approximate surface area is 199 Å². The highest BCUT2D eigenvalue weighted by atomic mass is 32.2. The molecule has 0 saturated carbocycles. The maximum atomic E-state index is 14.2. The first kappa shape index (κ1) is 26.2. The number of ether oxygens (including phenoxy) is 1. The fourth-order valence-electron chi connectivity index (χ4n) is 3.87. The van der Waals surface area contributed by atoms with Gasteiger partial charge in [0.25, 0.3) is 0 Å². The molecular formula is C22H32FN5O5S. The molecule has 188 valence electrons. The standard InChI is InChI=1S/C22H32FN5O5S/c1-16-11-28(17(2)14-29)22(30)9-6-10-27-12-18(24-25-27)15-33-20(16)13-26(3)34(31,32)21-8-5-4-7-19(21)23/h4-5,7-8,12,16-17,20,29H,6,9-11,13-15H2,1-3H3/t16-,17+,20+/m1/s1. The van der Waals surface area contributed by atoms with Crippen LogP contribution in [0.4, 0.5) is 4.39 Å². The second-order valence-electron chi connectivity index (χ2n) is 8.70. The summed E-state index contributed by atoms with van der Waals surface area (Å²) in [6.07, 6.45) is 1.94. The third kappa shape index (κ3) is 6.17. The number of aromatic nitrogens is 3. The predicted molar refractivity (Wildman–Crippen MR) is 121 cm³/mol. The molecule has 0 radical (unpaired) electrons. The molecule has 3 rings (SSSR count). The molecule has 1 amide bonds. The number of hydrogen-bond donors (Lipinski definition) is 1. The molecule has 1 aromatic heterocycles. The minimum Gasteiger partial charge on any atom is -0.394 e. The second kappa shape index (κ2) is 11.3. The Hall–Kier alpha value is -2.41. The highest BCUT2D eigenvalue weighted by molar-refractivity contribution is 7.89. The minimum atomic E-state index is -4.11. The highest BCUT2D eigenvalue weighted by Gasteiger charge is 2.32. The largest absolute Gasteiger partial charge is 0.394 e. The number of nitrogens with zero attached hydrogens (tertiary/aromatic N) is 5. The fourth-order valence-corrected chi connectivity index (χ4v) is 5.11. The first-order valence-electron chi connectivity index (χ1n) is 11.2. The summed E-state index contributed by atoms with van der Waals surface area (Å²) in [7, 11) is -2.74. The van der Waals surface area contributed by atoms with Crippen LogP contribution in [0.25, 0.3) is 0 Å². The van der Waals surface area contributed by atoms with Crippen LogP contribution < -0.4 is 0 Å². The van der Waals surface area contributed by atoms with Crippen molar-refractivity contribution < 1.29 is 27.4 Å². The monoisotopic (exact) mass is 497 g/mol. The number of hydrogen-bond acceptors (Lipinski definition) is 7. The smallest absolute Gasteiger partial charge is 0.245 e. The van der Waals surface area contributed by atoms with Crippen LogP contribution in [0.15, 0.2) is 35.4 Å². The number of halogens is 1. The van der Waals surface area contributed by atoms with Crippen LogP contribution in [0.5, 0.6) is 0 Å². The Morgan fingerprint density at radius 1 is 1.35 bits per heavy atom. The summed E-state index contributed by atoms with van der Waals surface area (Å²) in [6.45, 7) is 4.24. The Morgan fingerprint density at radius 3 is 2.79 bits per heavy atom. The lowest BCUT2D eigenvalue weighted by molar-refractivity contribution is -0.136. The number of sulfonamides is 1. The van der Waals surface area contributed by atoms with Gasteiger partial charge in [0.1, 0.15) is 16.4 Å². The number of likely N-dealkylation sites (N-methyl/N-ethyl adjacent to an activating group) is 1. The number of rotatable bonds is 6. The van der Waals surface area contributed by atoms with Crippen LogP contribution in [0.1, 0.15) is 32.4 Å². The van der Waals surface area contributed by atoms with Crippen LogP contribution in [0.2, 0.25) is 0 Å². The van der Waals surface area contributed by atoms with Crippen molar-refractivity contribution in [1.29, 1.82) is 0 Å². The summed E-state index contributed by atoms with van der Waals surface area (Å²) >= 11 is 0. The molecule has 0 aliphatic carbocycles. The van der Waals surface area contributed by atoms with Gasteiger partial charge in [-0.15, -0.1) is 5.10 Å². The number of aliphatic hydroxyl groups excluding tert-OH is 1. The number of amides is 1. The van der Waals surface area contributed by atoms with Gasteiger partial charge in [-0.1, -0.05) is 24.3 Å². The molecule has 3 atom stereocenters. The molecule has 1 aliphatic heterocycles. The van der Waals surface area contributed by atoms with Crippen molar-refractivity contribution in [3.8, 4) is 0 Å². The van der Waals surface area contributed by atoms with Gasteiger partial charge in [-0.25, -0.2) is 12.8 Å². The zero-order valence-electron chi connectivity index (χ0n) is 19.7. The summed E-state index contributed by atoms with van der Waals surface area (Å²) in [5, 5.41) is 17.8. The molecule has 2 bridgehead atoms. The molecule has 34 heavy (non-hydrogen) atoms. The van der Waals surface area contributed by atoms with Crippen molar-refractivity contribution >= 4 is 15.9 Å². The molecule has 10 nitrogen and oxygen atoms in total. The molecular weight excluding hydrogens is 465 g/mol. The minimum absolute atomic E-state index is 0.0679. The maximum absolute atomic E-state index is 14.2. The Kier molecular flexibility index (Phi) is 8.74. The van der Waals surface area contributed by atoms with E-state index in [0.29, 0.717) is 18.7 Å². The van der Waals surface area contributed by atoms with Crippen molar-refractivity contribution in [2.45, 2.75) is 56.9 Å². The lowest BCUT2D eigenvalue weighted by Crippen LogP contribution is -2.47. The first-order chi connectivity index (χ1) is 16.1. The Bertz CT molecular complexity index is 1080. The number of carbonyl (C=O) groups excluding carboxylic acids is 1. The molecule has 1 N–H and O–H groups in total. The normalized spacial score (nSPS) is 21.6. The van der Waals surface area contributed by atoms with Crippen LogP contribution in [-0.4, -0.2) is 82.5 Å². The van der Waals surface area contributed by atoms with Crippen LogP contribution in [-0.2, 0) is 32.7 Å². The average molecular weight is 498 g/mol. The molecule has 0 fully saturated rings. The van der Waals surface area contributed by atoms with Crippen LogP contribution in [0.3, 0.4) is 0 Å². The molecule has 2 heterocycles. The van der Waals surface area contributed by atoms with E-state index in [-0.39, 0.29) is 44.5 Å². The Morgan fingerprint density at radius 2 is 2.09 bits per heavy atom. The van der Waals surface area contributed by atoms with Crippen molar-refractivity contribution in [3.63, 3.8) is 0 Å². The van der Waals surface area contributed by atoms with E-state index < -0.39 is 32.9 Å². The van der Waals surface area contributed by atoms with Gasteiger partial charge < -0.3 is 14.7 Å².